The van der Waals surface area contributed by atoms with E-state index in [1.807, 2.05) is 31.2 Å². The number of nitrogens with zero attached hydrogens (tertiary/aromatic N) is 2. The Balaban J connectivity index is 1.67. The van der Waals surface area contributed by atoms with Crippen LogP contribution in [0.1, 0.15) is 16.1 Å². The second-order valence-corrected chi connectivity index (χ2v) is 8.39. The van der Waals surface area contributed by atoms with Crippen LogP contribution in [0.5, 0.6) is 0 Å². The molecule has 24 heavy (non-hydrogen) atoms. The number of Topliss-reactive ketones (excluding diaryl/α,β-unsaturated/α-hetero) is 1. The van der Waals surface area contributed by atoms with E-state index in [1.54, 1.807) is 0 Å². The van der Waals surface area contributed by atoms with Crippen molar-refractivity contribution in [2.24, 2.45) is 5.73 Å². The largest absolute Gasteiger partial charge is 0.369 e. The molecule has 2 aromatic heterocycles. The minimum absolute atomic E-state index is 0.0523. The number of carbonyl (C=O) groups is 2. The average molecular weight is 379 g/mol. The smallest absolute Gasteiger partial charge is 0.227 e. The van der Waals surface area contributed by atoms with Crippen molar-refractivity contribution in [1.29, 1.82) is 0 Å². The number of nitrogens with one attached hydrogen (secondary N) is 1. The van der Waals surface area contributed by atoms with Gasteiger partial charge in [-0.3, -0.25) is 9.59 Å². The Labute approximate surface area is 150 Å². The van der Waals surface area contributed by atoms with Crippen molar-refractivity contribution in [3.8, 4) is 0 Å². The van der Waals surface area contributed by atoms with E-state index >= 15 is 0 Å². The summed E-state index contributed by atoms with van der Waals surface area (Å²) < 4.78 is 1.37. The summed E-state index contributed by atoms with van der Waals surface area (Å²) in [7, 11) is 0. The molecule has 0 radical (unpaired) electrons. The quantitative estimate of drug-likeness (QED) is 0.484. The fraction of sp³-hybridized carbons (Fsp3) is 0.200. The van der Waals surface area contributed by atoms with Crippen LogP contribution >= 0.6 is 34.9 Å². The zero-order valence-electron chi connectivity index (χ0n) is 12.7. The van der Waals surface area contributed by atoms with E-state index in [0.717, 1.165) is 22.2 Å². The van der Waals surface area contributed by atoms with Gasteiger partial charge in [-0.25, -0.2) is 0 Å². The highest BCUT2D eigenvalue weighted by molar-refractivity contribution is 8.03. The van der Waals surface area contributed by atoms with Gasteiger partial charge in [-0.2, -0.15) is 0 Å². The van der Waals surface area contributed by atoms with Gasteiger partial charge in [0.05, 0.1) is 11.5 Å². The van der Waals surface area contributed by atoms with Crippen molar-refractivity contribution in [3.63, 3.8) is 0 Å². The molecule has 1 amide bonds. The molecular weight excluding hydrogens is 364 g/mol. The first-order valence-corrected chi connectivity index (χ1v) is 9.81. The number of hydrogen-bond acceptors (Lipinski definition) is 7. The Morgan fingerprint density at radius 2 is 1.83 bits per heavy atom. The minimum Gasteiger partial charge on any atom is -0.369 e. The van der Waals surface area contributed by atoms with Crippen molar-refractivity contribution < 1.29 is 9.59 Å². The Kier molecular flexibility index (Phi) is 5.22. The second-order valence-electron chi connectivity index (χ2n) is 4.97. The molecule has 0 fully saturated rings. The molecule has 0 aliphatic rings. The van der Waals surface area contributed by atoms with E-state index in [-0.39, 0.29) is 17.3 Å². The summed E-state index contributed by atoms with van der Waals surface area (Å²) in [5.74, 6) is 0.121. The number of amides is 1. The number of aromatic nitrogens is 3. The van der Waals surface area contributed by atoms with Crippen molar-refractivity contribution in [3.05, 3.63) is 35.5 Å². The van der Waals surface area contributed by atoms with Crippen molar-refractivity contribution in [2.75, 3.05) is 11.5 Å². The lowest BCUT2D eigenvalue weighted by Gasteiger charge is -1.99. The number of benzene rings is 1. The highest BCUT2D eigenvalue weighted by Crippen LogP contribution is 2.30. The van der Waals surface area contributed by atoms with Crippen LogP contribution in [0, 0.1) is 6.92 Å². The number of rotatable bonds is 7. The number of aromatic amines is 1. The standard InChI is InChI=1S/C15H14N4O2S3/c1-8-13(9-4-2-3-5-10(9)17-8)11(20)6-22-14-18-19-15(24-14)23-7-12(16)21/h2-5,17H,6-7H2,1H3,(H2,16,21). The number of hydrogen-bond donors (Lipinski definition) is 2. The van der Waals surface area contributed by atoms with Gasteiger partial charge in [0.2, 0.25) is 5.91 Å². The van der Waals surface area contributed by atoms with Crippen molar-refractivity contribution in [2.45, 2.75) is 15.6 Å². The number of nitrogens with two attached hydrogens (primary N) is 1. The van der Waals surface area contributed by atoms with Crippen LogP contribution in [-0.2, 0) is 4.79 Å². The van der Waals surface area contributed by atoms with Crippen LogP contribution in [0.4, 0.5) is 0 Å². The number of ketones is 1. The SMILES string of the molecule is Cc1[nH]c2ccccc2c1C(=O)CSc1nnc(SCC(N)=O)s1. The van der Waals surface area contributed by atoms with Gasteiger partial charge in [0.15, 0.2) is 14.5 Å². The summed E-state index contributed by atoms with van der Waals surface area (Å²) in [6.07, 6.45) is 0. The molecule has 3 aromatic rings. The molecule has 0 saturated carbocycles. The number of aryl methyl sites for hydroxylation is 1. The monoisotopic (exact) mass is 378 g/mol. The first kappa shape index (κ1) is 17.0. The lowest BCUT2D eigenvalue weighted by molar-refractivity contribution is -0.115. The number of fused-ring (bicyclic) bond motifs is 1. The normalized spacial score (nSPS) is 11.0. The lowest BCUT2D eigenvalue weighted by Crippen LogP contribution is -2.12. The molecule has 2 heterocycles. The van der Waals surface area contributed by atoms with Crippen LogP contribution in [0.2, 0.25) is 0 Å². The number of para-hydroxylation sites is 1. The molecular formula is C15H14N4O2S3. The van der Waals surface area contributed by atoms with Crippen molar-refractivity contribution in [1.82, 2.24) is 15.2 Å². The van der Waals surface area contributed by atoms with Crippen LogP contribution < -0.4 is 5.73 Å². The Morgan fingerprint density at radius 1 is 1.17 bits per heavy atom. The third-order valence-corrected chi connectivity index (χ3v) is 6.44. The second kappa shape index (κ2) is 7.37. The molecule has 124 valence electrons. The predicted octanol–water partition coefficient (Wildman–Crippen LogP) is 2.88. The molecule has 0 spiro atoms. The molecule has 0 atom stereocenters. The van der Waals surface area contributed by atoms with Crippen LogP contribution in [0.25, 0.3) is 10.9 Å². The molecule has 0 bridgehead atoms. The molecule has 1 aromatic carbocycles. The highest BCUT2D eigenvalue weighted by atomic mass is 32.2. The van der Waals surface area contributed by atoms with Gasteiger partial charge in [-0.1, -0.05) is 53.1 Å². The number of carbonyl (C=O) groups excluding carboxylic acids is 2. The maximum Gasteiger partial charge on any atom is 0.227 e. The topological polar surface area (TPSA) is 102 Å². The van der Waals surface area contributed by atoms with Crippen LogP contribution in [-0.4, -0.2) is 38.4 Å². The summed E-state index contributed by atoms with van der Waals surface area (Å²) in [4.78, 5) is 26.6. The Bertz CT molecular complexity index is 903. The number of primary amides is 1. The summed E-state index contributed by atoms with van der Waals surface area (Å²) in [6.45, 7) is 1.90. The van der Waals surface area contributed by atoms with E-state index in [2.05, 4.69) is 15.2 Å². The third-order valence-electron chi connectivity index (χ3n) is 3.22. The van der Waals surface area contributed by atoms with E-state index < -0.39 is 5.91 Å². The Morgan fingerprint density at radius 3 is 2.54 bits per heavy atom. The molecule has 3 N–H and O–H groups in total. The maximum atomic E-state index is 12.6. The zero-order chi connectivity index (χ0) is 17.1. The highest BCUT2D eigenvalue weighted by Gasteiger charge is 2.17. The molecule has 9 heteroatoms. The fourth-order valence-corrected chi connectivity index (χ4v) is 4.91. The van der Waals surface area contributed by atoms with Gasteiger partial charge in [-0.05, 0) is 13.0 Å². The fourth-order valence-electron chi connectivity index (χ4n) is 2.28. The summed E-state index contributed by atoms with van der Waals surface area (Å²) >= 11 is 3.96. The molecule has 0 unspecified atom stereocenters. The van der Waals surface area contributed by atoms with E-state index in [0.29, 0.717) is 8.68 Å². The van der Waals surface area contributed by atoms with E-state index in [9.17, 15) is 9.59 Å². The molecule has 3 rings (SSSR count). The van der Waals surface area contributed by atoms with Gasteiger partial charge < -0.3 is 10.7 Å². The van der Waals surface area contributed by atoms with E-state index in [1.165, 1.54) is 34.9 Å². The van der Waals surface area contributed by atoms with Gasteiger partial charge in [-0.15, -0.1) is 10.2 Å². The lowest BCUT2D eigenvalue weighted by atomic mass is 10.1. The summed E-state index contributed by atoms with van der Waals surface area (Å²) in [5, 5.41) is 8.95. The predicted molar refractivity (Wildman–Crippen MR) is 97.9 cm³/mol. The molecule has 0 aliphatic carbocycles. The first-order chi connectivity index (χ1) is 11.5. The van der Waals surface area contributed by atoms with Crippen LogP contribution in [0.15, 0.2) is 32.9 Å². The Hall–Kier alpha value is -1.84. The number of thioether (sulfide) groups is 2. The van der Waals surface area contributed by atoms with E-state index in [4.69, 9.17) is 5.73 Å². The molecule has 6 nitrogen and oxygen atoms in total. The average Bonchev–Trinajstić information content (AvgIpc) is 3.13. The summed E-state index contributed by atoms with van der Waals surface area (Å²) in [6, 6.07) is 7.76. The number of H-pyrrole nitrogens is 1. The maximum absolute atomic E-state index is 12.6. The zero-order valence-corrected chi connectivity index (χ0v) is 15.2. The molecule has 0 aliphatic heterocycles. The summed E-state index contributed by atoms with van der Waals surface area (Å²) in [5.41, 5.74) is 7.67. The third kappa shape index (κ3) is 3.80. The van der Waals surface area contributed by atoms with Crippen molar-refractivity contribution >= 4 is 57.5 Å². The van der Waals surface area contributed by atoms with Gasteiger partial charge in [0.1, 0.15) is 0 Å². The first-order valence-electron chi connectivity index (χ1n) is 7.02. The van der Waals surface area contributed by atoms with Gasteiger partial charge >= 0.3 is 0 Å². The molecule has 0 saturated heterocycles. The van der Waals surface area contributed by atoms with Crippen LogP contribution in [0.3, 0.4) is 0 Å². The van der Waals surface area contributed by atoms with Gasteiger partial charge in [0, 0.05) is 22.2 Å². The van der Waals surface area contributed by atoms with Gasteiger partial charge in [0.25, 0.3) is 0 Å². The minimum atomic E-state index is -0.394.